The zero-order valence-electron chi connectivity index (χ0n) is 23.6. The molecule has 42 heavy (non-hydrogen) atoms. The van der Waals surface area contributed by atoms with Gasteiger partial charge in [-0.25, -0.2) is 4.39 Å². The highest BCUT2D eigenvalue weighted by molar-refractivity contribution is 7.99. The van der Waals surface area contributed by atoms with Crippen molar-refractivity contribution in [1.82, 2.24) is 20.1 Å². The zero-order valence-corrected chi connectivity index (χ0v) is 24.4. The van der Waals surface area contributed by atoms with Crippen molar-refractivity contribution >= 4 is 29.3 Å². The summed E-state index contributed by atoms with van der Waals surface area (Å²) in [6, 6.07) is 18.5. The largest absolute Gasteiger partial charge is 0.490 e. The maximum absolute atomic E-state index is 13.9. The van der Waals surface area contributed by atoms with E-state index in [9.17, 15) is 14.0 Å². The van der Waals surface area contributed by atoms with E-state index in [-0.39, 0.29) is 23.9 Å². The molecule has 4 rings (SSSR count). The average molecular weight is 594 g/mol. The summed E-state index contributed by atoms with van der Waals surface area (Å²) < 4.78 is 32.9. The number of hydrogen-bond donors (Lipinski definition) is 2. The van der Waals surface area contributed by atoms with Gasteiger partial charge < -0.3 is 24.8 Å². The van der Waals surface area contributed by atoms with Crippen LogP contribution < -0.4 is 24.8 Å². The first kappa shape index (κ1) is 30.4. The molecular formula is C30H32FN5O5S. The van der Waals surface area contributed by atoms with E-state index in [0.717, 1.165) is 17.4 Å². The summed E-state index contributed by atoms with van der Waals surface area (Å²) in [4.78, 5) is 25.8. The zero-order chi connectivity index (χ0) is 29.9. The van der Waals surface area contributed by atoms with Gasteiger partial charge in [0, 0.05) is 11.3 Å². The van der Waals surface area contributed by atoms with Gasteiger partial charge in [-0.1, -0.05) is 42.1 Å². The Balaban J connectivity index is 1.53. The first-order valence-electron chi connectivity index (χ1n) is 13.5. The van der Waals surface area contributed by atoms with Gasteiger partial charge in [-0.2, -0.15) is 0 Å². The van der Waals surface area contributed by atoms with E-state index in [2.05, 4.69) is 20.8 Å². The van der Waals surface area contributed by atoms with Crippen molar-refractivity contribution in [2.45, 2.75) is 32.5 Å². The van der Waals surface area contributed by atoms with Crippen LogP contribution in [0.1, 0.15) is 37.0 Å². The Morgan fingerprint density at radius 2 is 1.52 bits per heavy atom. The van der Waals surface area contributed by atoms with Crippen LogP contribution in [0.2, 0.25) is 0 Å². The highest BCUT2D eigenvalue weighted by atomic mass is 32.2. The van der Waals surface area contributed by atoms with Gasteiger partial charge in [0.05, 0.1) is 37.8 Å². The van der Waals surface area contributed by atoms with Gasteiger partial charge in [0.15, 0.2) is 22.5 Å². The Morgan fingerprint density at radius 3 is 2.17 bits per heavy atom. The fraction of sp³-hybridized carbons (Fsp3) is 0.267. The van der Waals surface area contributed by atoms with Crippen molar-refractivity contribution in [1.29, 1.82) is 0 Å². The third kappa shape index (κ3) is 7.58. The van der Waals surface area contributed by atoms with E-state index in [0.29, 0.717) is 53.6 Å². The summed E-state index contributed by atoms with van der Waals surface area (Å²) in [7, 11) is 0. The predicted molar refractivity (Wildman–Crippen MR) is 158 cm³/mol. The number of rotatable bonds is 14. The van der Waals surface area contributed by atoms with Gasteiger partial charge in [0.2, 0.25) is 11.7 Å². The van der Waals surface area contributed by atoms with Crippen LogP contribution in [0.25, 0.3) is 5.69 Å². The Morgan fingerprint density at radius 1 is 0.881 bits per heavy atom. The number of carbonyl (C=O) groups is 2. The first-order valence-corrected chi connectivity index (χ1v) is 14.4. The number of anilines is 1. The predicted octanol–water partition coefficient (Wildman–Crippen LogP) is 5.26. The molecule has 10 nitrogen and oxygen atoms in total. The Kier molecular flexibility index (Phi) is 10.8. The third-order valence-corrected chi connectivity index (χ3v) is 6.70. The summed E-state index contributed by atoms with van der Waals surface area (Å²) in [6.07, 6.45) is 0. The molecule has 0 aliphatic carbocycles. The maximum atomic E-state index is 13.9. The molecule has 0 radical (unpaired) electrons. The lowest BCUT2D eigenvalue weighted by Gasteiger charge is -2.17. The van der Waals surface area contributed by atoms with E-state index >= 15 is 0 Å². The van der Waals surface area contributed by atoms with E-state index in [4.69, 9.17) is 14.2 Å². The van der Waals surface area contributed by atoms with Gasteiger partial charge in [-0.05, 0) is 57.2 Å². The van der Waals surface area contributed by atoms with Crippen molar-refractivity contribution in [2.75, 3.05) is 30.9 Å². The molecule has 3 aromatic carbocycles. The van der Waals surface area contributed by atoms with Crippen molar-refractivity contribution in [2.24, 2.45) is 0 Å². The molecule has 0 unspecified atom stereocenters. The number of amides is 2. The number of benzene rings is 3. The number of nitrogens with zero attached hydrogens (tertiary/aromatic N) is 3. The Labute approximate surface area is 247 Å². The molecule has 12 heteroatoms. The number of aromatic nitrogens is 3. The molecule has 1 heterocycles. The molecule has 0 bridgehead atoms. The van der Waals surface area contributed by atoms with E-state index < -0.39 is 11.7 Å². The molecule has 2 amide bonds. The van der Waals surface area contributed by atoms with Crippen LogP contribution in [-0.4, -0.2) is 52.2 Å². The monoisotopic (exact) mass is 593 g/mol. The Bertz CT molecular complexity index is 1490. The fourth-order valence-corrected chi connectivity index (χ4v) is 4.78. The summed E-state index contributed by atoms with van der Waals surface area (Å²) in [5, 5.41) is 14.4. The number of para-hydroxylation sites is 2. The van der Waals surface area contributed by atoms with Gasteiger partial charge in [-0.3, -0.25) is 14.2 Å². The van der Waals surface area contributed by atoms with Crippen LogP contribution in [-0.2, 0) is 11.3 Å². The Hall–Kier alpha value is -4.58. The number of ether oxygens (including phenoxy) is 3. The number of nitrogens with one attached hydrogen (secondary N) is 2. The SMILES string of the molecule is CCOc1cc(C(=O)NCc2nnc(SCC(=O)Nc3ccccc3F)n2-c2ccccc2)cc(OCC)c1OCC. The van der Waals surface area contributed by atoms with Crippen LogP contribution in [0.4, 0.5) is 10.1 Å². The van der Waals surface area contributed by atoms with Crippen molar-refractivity contribution < 1.29 is 28.2 Å². The minimum absolute atomic E-state index is 0.0295. The van der Waals surface area contributed by atoms with Gasteiger partial charge in [0.25, 0.3) is 5.91 Å². The van der Waals surface area contributed by atoms with Crippen molar-refractivity contribution in [3.63, 3.8) is 0 Å². The second-order valence-corrected chi connectivity index (χ2v) is 9.61. The lowest BCUT2D eigenvalue weighted by atomic mass is 10.1. The van der Waals surface area contributed by atoms with Crippen molar-refractivity contribution in [3.05, 3.63) is 83.9 Å². The number of hydrogen-bond acceptors (Lipinski definition) is 8. The highest BCUT2D eigenvalue weighted by Crippen LogP contribution is 2.39. The molecule has 0 atom stereocenters. The molecular weight excluding hydrogens is 561 g/mol. The molecule has 0 aliphatic heterocycles. The van der Waals surface area contributed by atoms with Crippen LogP contribution in [0.5, 0.6) is 17.2 Å². The lowest BCUT2D eigenvalue weighted by Crippen LogP contribution is -2.25. The van der Waals surface area contributed by atoms with Gasteiger partial charge in [-0.15, -0.1) is 10.2 Å². The molecule has 1 aromatic heterocycles. The molecule has 0 saturated heterocycles. The molecule has 4 aromatic rings. The summed E-state index contributed by atoms with van der Waals surface area (Å²) in [5.41, 5.74) is 1.18. The number of halogens is 1. The van der Waals surface area contributed by atoms with E-state index in [1.807, 2.05) is 51.1 Å². The maximum Gasteiger partial charge on any atom is 0.251 e. The first-order chi connectivity index (χ1) is 20.4. The molecule has 220 valence electrons. The van der Waals surface area contributed by atoms with Crippen LogP contribution in [0.3, 0.4) is 0 Å². The van der Waals surface area contributed by atoms with Crippen molar-refractivity contribution in [3.8, 4) is 22.9 Å². The quantitative estimate of drug-likeness (QED) is 0.190. The smallest absolute Gasteiger partial charge is 0.251 e. The topological polar surface area (TPSA) is 117 Å². The minimum Gasteiger partial charge on any atom is -0.490 e. The third-order valence-electron chi connectivity index (χ3n) is 5.77. The standard InChI is InChI=1S/C30H32FN5O5S/c1-4-39-24-16-20(17-25(40-5-2)28(24)41-6-3)29(38)32-18-26-34-35-30(36(26)21-12-8-7-9-13-21)42-19-27(37)33-23-15-11-10-14-22(23)31/h7-17H,4-6,18-19H2,1-3H3,(H,32,38)(H,33,37). The van der Waals surface area contributed by atoms with Crippen LogP contribution in [0.15, 0.2) is 71.9 Å². The van der Waals surface area contributed by atoms with E-state index in [1.165, 1.54) is 12.1 Å². The van der Waals surface area contributed by atoms with Gasteiger partial charge in [0.1, 0.15) is 5.82 Å². The fourth-order valence-electron chi connectivity index (χ4n) is 4.00. The molecule has 0 fully saturated rings. The minimum atomic E-state index is -0.518. The number of carbonyl (C=O) groups excluding carboxylic acids is 2. The van der Waals surface area contributed by atoms with Crippen LogP contribution >= 0.6 is 11.8 Å². The highest BCUT2D eigenvalue weighted by Gasteiger charge is 2.20. The van der Waals surface area contributed by atoms with Crippen LogP contribution in [0, 0.1) is 5.82 Å². The van der Waals surface area contributed by atoms with Gasteiger partial charge >= 0.3 is 0 Å². The van der Waals surface area contributed by atoms with E-state index in [1.54, 1.807) is 28.8 Å². The number of thioether (sulfide) groups is 1. The summed E-state index contributed by atoms with van der Waals surface area (Å²) in [6.45, 7) is 6.77. The second-order valence-electron chi connectivity index (χ2n) is 8.67. The molecule has 0 saturated carbocycles. The second kappa shape index (κ2) is 14.9. The molecule has 0 aliphatic rings. The average Bonchev–Trinajstić information content (AvgIpc) is 3.41. The lowest BCUT2D eigenvalue weighted by molar-refractivity contribution is -0.113. The molecule has 2 N–H and O–H groups in total. The molecule has 0 spiro atoms. The normalized spacial score (nSPS) is 10.7. The summed E-state index contributed by atoms with van der Waals surface area (Å²) >= 11 is 1.14. The summed E-state index contributed by atoms with van der Waals surface area (Å²) in [5.74, 6) is 0.406.